The van der Waals surface area contributed by atoms with Crippen molar-refractivity contribution in [2.45, 2.75) is 25.2 Å². The van der Waals surface area contributed by atoms with Crippen molar-refractivity contribution in [3.05, 3.63) is 23.8 Å². The highest BCUT2D eigenvalue weighted by molar-refractivity contribution is 7.89. The summed E-state index contributed by atoms with van der Waals surface area (Å²) in [5, 5.41) is 0. The third-order valence-corrected chi connectivity index (χ3v) is 4.62. The predicted molar refractivity (Wildman–Crippen MR) is 70.0 cm³/mol. The van der Waals surface area contributed by atoms with E-state index in [-0.39, 0.29) is 12.2 Å². The first-order valence-electron chi connectivity index (χ1n) is 5.87. The summed E-state index contributed by atoms with van der Waals surface area (Å²) < 4.78 is 52.4. The van der Waals surface area contributed by atoms with Crippen LogP contribution in [0.3, 0.4) is 0 Å². The predicted octanol–water partition coefficient (Wildman–Crippen LogP) is 2.21. The van der Waals surface area contributed by atoms with Crippen LogP contribution in [0, 0.1) is 17.6 Å². The summed E-state index contributed by atoms with van der Waals surface area (Å²) in [5.74, 6) is -2.05. The monoisotopic (exact) mass is 292 g/mol. The number of rotatable bonds is 5. The molecule has 0 aliphatic rings. The highest BCUT2D eigenvalue weighted by Crippen LogP contribution is 2.24. The van der Waals surface area contributed by atoms with Gasteiger partial charge in [0, 0.05) is 19.3 Å². The maximum Gasteiger partial charge on any atom is 0.248 e. The molecule has 4 nitrogen and oxygen atoms in total. The van der Waals surface area contributed by atoms with Gasteiger partial charge in [0.1, 0.15) is 11.6 Å². The van der Waals surface area contributed by atoms with Gasteiger partial charge in [0.2, 0.25) is 10.0 Å². The molecule has 0 unspecified atom stereocenters. The van der Waals surface area contributed by atoms with Crippen molar-refractivity contribution in [3.8, 4) is 0 Å². The van der Waals surface area contributed by atoms with E-state index in [4.69, 9.17) is 5.73 Å². The lowest BCUT2D eigenvalue weighted by molar-refractivity contribution is 0.419. The minimum atomic E-state index is -4.18. The van der Waals surface area contributed by atoms with Crippen LogP contribution in [0.4, 0.5) is 14.5 Å². The van der Waals surface area contributed by atoms with E-state index in [1.807, 2.05) is 13.8 Å². The van der Waals surface area contributed by atoms with Crippen molar-refractivity contribution < 1.29 is 17.2 Å². The third-order valence-electron chi connectivity index (χ3n) is 2.71. The fourth-order valence-electron chi connectivity index (χ4n) is 1.54. The Labute approximate surface area is 112 Å². The third kappa shape index (κ3) is 3.63. The molecule has 0 aromatic heterocycles. The number of hydrogen-bond acceptors (Lipinski definition) is 3. The second-order valence-corrected chi connectivity index (χ2v) is 6.80. The molecule has 0 bridgehead atoms. The van der Waals surface area contributed by atoms with Crippen LogP contribution in [0.15, 0.2) is 17.0 Å². The minimum Gasteiger partial charge on any atom is -0.399 e. The Kier molecular flexibility index (Phi) is 4.86. The first-order chi connectivity index (χ1) is 8.66. The Bertz CT molecular complexity index is 536. The Morgan fingerprint density at radius 3 is 2.16 bits per heavy atom. The first-order valence-corrected chi connectivity index (χ1v) is 7.31. The van der Waals surface area contributed by atoms with Crippen molar-refractivity contribution in [1.29, 1.82) is 0 Å². The maximum atomic E-state index is 13.6. The van der Waals surface area contributed by atoms with E-state index in [0.29, 0.717) is 12.3 Å². The molecule has 2 N–H and O–H groups in total. The lowest BCUT2D eigenvalue weighted by Crippen LogP contribution is -2.30. The van der Waals surface area contributed by atoms with Crippen LogP contribution in [-0.4, -0.2) is 26.3 Å². The van der Waals surface area contributed by atoms with Crippen molar-refractivity contribution >= 4 is 15.7 Å². The molecule has 0 heterocycles. The molecular weight excluding hydrogens is 274 g/mol. The number of sulfonamides is 1. The standard InChI is InChI=1S/C12H18F2N2O2S/c1-8(2)4-5-16(3)19(17,18)12-10(13)6-9(15)7-11(12)14/h6-8H,4-5,15H2,1-3H3. The lowest BCUT2D eigenvalue weighted by Gasteiger charge is -2.19. The zero-order chi connectivity index (χ0) is 14.8. The highest BCUT2D eigenvalue weighted by atomic mass is 32.2. The highest BCUT2D eigenvalue weighted by Gasteiger charge is 2.28. The fraction of sp³-hybridized carbons (Fsp3) is 0.500. The molecule has 0 aliphatic carbocycles. The van der Waals surface area contributed by atoms with E-state index in [1.165, 1.54) is 7.05 Å². The van der Waals surface area contributed by atoms with Crippen LogP contribution in [0.25, 0.3) is 0 Å². The van der Waals surface area contributed by atoms with Gasteiger partial charge in [-0.25, -0.2) is 21.5 Å². The number of nitrogens with two attached hydrogens (primary N) is 1. The van der Waals surface area contributed by atoms with E-state index < -0.39 is 26.6 Å². The lowest BCUT2D eigenvalue weighted by atomic mass is 10.1. The van der Waals surface area contributed by atoms with Crippen molar-refractivity contribution in [1.82, 2.24) is 4.31 Å². The van der Waals surface area contributed by atoms with Gasteiger partial charge in [-0.15, -0.1) is 0 Å². The van der Waals surface area contributed by atoms with E-state index in [0.717, 1.165) is 16.4 Å². The van der Waals surface area contributed by atoms with E-state index >= 15 is 0 Å². The van der Waals surface area contributed by atoms with Gasteiger partial charge in [0.25, 0.3) is 0 Å². The van der Waals surface area contributed by atoms with Gasteiger partial charge in [0.15, 0.2) is 4.90 Å². The number of nitrogens with zero attached hydrogens (tertiary/aromatic N) is 1. The SMILES string of the molecule is CC(C)CCN(C)S(=O)(=O)c1c(F)cc(N)cc1F. The molecule has 1 aromatic carbocycles. The molecule has 1 aromatic rings. The largest absolute Gasteiger partial charge is 0.399 e. The number of nitrogen functional groups attached to an aromatic ring is 1. The normalized spacial score (nSPS) is 12.4. The van der Waals surface area contributed by atoms with Gasteiger partial charge in [0.05, 0.1) is 0 Å². The molecule has 0 fully saturated rings. The van der Waals surface area contributed by atoms with Gasteiger partial charge < -0.3 is 5.73 Å². The number of halogens is 2. The summed E-state index contributed by atoms with van der Waals surface area (Å²) in [6, 6.07) is 1.60. The van der Waals surface area contributed by atoms with Crippen LogP contribution in [-0.2, 0) is 10.0 Å². The van der Waals surface area contributed by atoms with Crippen molar-refractivity contribution in [2.24, 2.45) is 5.92 Å². The molecule has 1 rings (SSSR count). The topological polar surface area (TPSA) is 63.4 Å². The summed E-state index contributed by atoms with van der Waals surface area (Å²) >= 11 is 0. The van der Waals surface area contributed by atoms with E-state index in [1.54, 1.807) is 0 Å². The minimum absolute atomic E-state index is 0.154. The summed E-state index contributed by atoms with van der Waals surface area (Å²) in [5.41, 5.74) is 5.10. The van der Waals surface area contributed by atoms with E-state index in [2.05, 4.69) is 0 Å². The molecule has 0 aliphatic heterocycles. The van der Waals surface area contributed by atoms with Crippen LogP contribution >= 0.6 is 0 Å². The Hall–Kier alpha value is -1.21. The summed E-state index contributed by atoms with van der Waals surface area (Å²) in [6.07, 6.45) is 0.605. The number of anilines is 1. The molecule has 0 amide bonds. The molecule has 7 heteroatoms. The maximum absolute atomic E-state index is 13.6. The molecule has 0 radical (unpaired) electrons. The van der Waals surface area contributed by atoms with Crippen LogP contribution < -0.4 is 5.73 Å². The number of benzene rings is 1. The molecular formula is C12H18F2N2O2S. The summed E-state index contributed by atoms with van der Waals surface area (Å²) in [6.45, 7) is 4.07. The average molecular weight is 292 g/mol. The zero-order valence-corrected chi connectivity index (χ0v) is 12.0. The van der Waals surface area contributed by atoms with Crippen LogP contribution in [0.5, 0.6) is 0 Å². The van der Waals surface area contributed by atoms with Crippen molar-refractivity contribution in [2.75, 3.05) is 19.3 Å². The summed E-state index contributed by atoms with van der Waals surface area (Å²) in [4.78, 5) is -0.951. The number of hydrogen-bond donors (Lipinski definition) is 1. The molecule has 19 heavy (non-hydrogen) atoms. The smallest absolute Gasteiger partial charge is 0.248 e. The quantitative estimate of drug-likeness (QED) is 0.846. The van der Waals surface area contributed by atoms with Crippen molar-refractivity contribution in [3.63, 3.8) is 0 Å². The van der Waals surface area contributed by atoms with Crippen LogP contribution in [0.2, 0.25) is 0 Å². The van der Waals surface area contributed by atoms with Gasteiger partial charge in [-0.2, -0.15) is 0 Å². The average Bonchev–Trinajstić information content (AvgIpc) is 2.23. The fourth-order valence-corrected chi connectivity index (χ4v) is 2.81. The Balaban J connectivity index is 3.14. The second-order valence-electron chi connectivity index (χ2n) is 4.82. The molecule has 0 spiro atoms. The Morgan fingerprint density at radius 2 is 1.74 bits per heavy atom. The van der Waals surface area contributed by atoms with Gasteiger partial charge in [-0.3, -0.25) is 0 Å². The summed E-state index contributed by atoms with van der Waals surface area (Å²) in [7, 11) is -2.89. The Morgan fingerprint density at radius 1 is 1.26 bits per heavy atom. The molecule has 0 saturated heterocycles. The molecule has 108 valence electrons. The van der Waals surface area contributed by atoms with Gasteiger partial charge in [-0.1, -0.05) is 13.8 Å². The second kappa shape index (κ2) is 5.83. The first kappa shape index (κ1) is 15.8. The van der Waals surface area contributed by atoms with Gasteiger partial charge in [-0.05, 0) is 24.5 Å². The van der Waals surface area contributed by atoms with E-state index in [9.17, 15) is 17.2 Å². The molecule has 0 saturated carbocycles. The zero-order valence-electron chi connectivity index (χ0n) is 11.2. The van der Waals surface area contributed by atoms with Gasteiger partial charge >= 0.3 is 0 Å². The molecule has 0 atom stereocenters. The van der Waals surface area contributed by atoms with Crippen LogP contribution in [0.1, 0.15) is 20.3 Å².